The first kappa shape index (κ1) is 16.8. The van der Waals surface area contributed by atoms with Crippen molar-refractivity contribution in [1.82, 2.24) is 4.90 Å². The quantitative estimate of drug-likeness (QED) is 0.896. The molecule has 1 aromatic carbocycles. The van der Waals surface area contributed by atoms with E-state index in [2.05, 4.69) is 5.32 Å². The molecule has 2 N–H and O–H groups in total. The molecule has 122 valence electrons. The van der Waals surface area contributed by atoms with Crippen LogP contribution in [0.3, 0.4) is 0 Å². The number of aliphatic hydroxyl groups is 1. The number of hydrogen-bond acceptors (Lipinski definition) is 3. The predicted molar refractivity (Wildman–Crippen MR) is 76.3 cm³/mol. The summed E-state index contributed by atoms with van der Waals surface area (Å²) < 4.78 is 37.3. The lowest BCUT2D eigenvalue weighted by Crippen LogP contribution is -2.32. The third-order valence-corrected chi connectivity index (χ3v) is 3.85. The maximum absolute atomic E-state index is 12.4. The molecule has 0 spiro atoms. The van der Waals surface area contributed by atoms with Crippen molar-refractivity contribution < 1.29 is 23.1 Å². The standard InChI is InChI=1S/C15H19F3N2O2/c1-10(21)11-6-7-20(8-11)9-14(22)19-13-4-2-12(3-5-13)15(16,17)18/h2-5,10-11,21H,6-9H2,1H3,(H,19,22). The molecule has 22 heavy (non-hydrogen) atoms. The molecular formula is C15H19F3N2O2. The van der Waals surface area contributed by atoms with Crippen LogP contribution in [0.2, 0.25) is 0 Å². The molecule has 0 aliphatic carbocycles. The summed E-state index contributed by atoms with van der Waals surface area (Å²) in [5, 5.41) is 12.1. The number of anilines is 1. The van der Waals surface area contributed by atoms with E-state index in [4.69, 9.17) is 0 Å². The van der Waals surface area contributed by atoms with Crippen molar-refractivity contribution in [3.8, 4) is 0 Å². The van der Waals surface area contributed by atoms with E-state index < -0.39 is 17.8 Å². The number of amides is 1. The van der Waals surface area contributed by atoms with Crippen LogP contribution in [0.15, 0.2) is 24.3 Å². The smallest absolute Gasteiger partial charge is 0.393 e. The Hall–Kier alpha value is -1.60. The summed E-state index contributed by atoms with van der Waals surface area (Å²) in [7, 11) is 0. The van der Waals surface area contributed by atoms with Gasteiger partial charge in [-0.2, -0.15) is 13.2 Å². The van der Waals surface area contributed by atoms with Crippen molar-refractivity contribution in [3.63, 3.8) is 0 Å². The Labute approximate surface area is 126 Å². The Morgan fingerprint density at radius 2 is 2.05 bits per heavy atom. The number of alkyl halides is 3. The van der Waals surface area contributed by atoms with Crippen molar-refractivity contribution in [3.05, 3.63) is 29.8 Å². The topological polar surface area (TPSA) is 52.6 Å². The lowest BCUT2D eigenvalue weighted by molar-refractivity contribution is -0.137. The van der Waals surface area contributed by atoms with Crippen LogP contribution in [-0.4, -0.2) is 41.7 Å². The number of rotatable bonds is 4. The van der Waals surface area contributed by atoms with Gasteiger partial charge in [-0.05, 0) is 50.1 Å². The first-order valence-corrected chi connectivity index (χ1v) is 7.13. The zero-order valence-electron chi connectivity index (χ0n) is 12.2. The minimum absolute atomic E-state index is 0.166. The molecule has 0 aromatic heterocycles. The van der Waals surface area contributed by atoms with Gasteiger partial charge in [0.25, 0.3) is 0 Å². The molecule has 0 bridgehead atoms. The Kier molecular flexibility index (Phi) is 5.08. The Morgan fingerprint density at radius 1 is 1.41 bits per heavy atom. The van der Waals surface area contributed by atoms with Gasteiger partial charge in [0.15, 0.2) is 0 Å². The zero-order chi connectivity index (χ0) is 16.3. The van der Waals surface area contributed by atoms with Crippen molar-refractivity contribution >= 4 is 11.6 Å². The molecule has 1 aliphatic rings. The number of carbonyl (C=O) groups excluding carboxylic acids is 1. The average Bonchev–Trinajstić information content (AvgIpc) is 2.86. The van der Waals surface area contributed by atoms with E-state index in [9.17, 15) is 23.1 Å². The summed E-state index contributed by atoms with van der Waals surface area (Å²) in [6.45, 7) is 3.29. The SMILES string of the molecule is CC(O)C1CCN(CC(=O)Nc2ccc(C(F)(F)F)cc2)C1. The summed E-state index contributed by atoms with van der Waals surface area (Å²) in [6, 6.07) is 4.36. The van der Waals surface area contributed by atoms with E-state index in [0.29, 0.717) is 12.2 Å². The molecule has 1 aromatic rings. The van der Waals surface area contributed by atoms with E-state index in [1.54, 1.807) is 6.92 Å². The van der Waals surface area contributed by atoms with Crippen molar-refractivity contribution in [2.24, 2.45) is 5.92 Å². The van der Waals surface area contributed by atoms with E-state index in [0.717, 1.165) is 25.1 Å². The molecule has 1 aliphatic heterocycles. The molecule has 1 heterocycles. The largest absolute Gasteiger partial charge is 0.416 e. The fourth-order valence-electron chi connectivity index (χ4n) is 2.55. The minimum Gasteiger partial charge on any atom is -0.393 e. The Balaban J connectivity index is 1.85. The third-order valence-electron chi connectivity index (χ3n) is 3.85. The third kappa shape index (κ3) is 4.45. The first-order valence-electron chi connectivity index (χ1n) is 7.13. The number of aliphatic hydroxyl groups excluding tert-OH is 1. The number of nitrogens with one attached hydrogen (secondary N) is 1. The zero-order valence-corrected chi connectivity index (χ0v) is 12.2. The van der Waals surface area contributed by atoms with E-state index in [-0.39, 0.29) is 18.4 Å². The summed E-state index contributed by atoms with van der Waals surface area (Å²) >= 11 is 0. The second kappa shape index (κ2) is 6.66. The summed E-state index contributed by atoms with van der Waals surface area (Å²) in [5.41, 5.74) is -0.408. The van der Waals surface area contributed by atoms with Gasteiger partial charge in [-0.1, -0.05) is 0 Å². The van der Waals surface area contributed by atoms with Gasteiger partial charge in [-0.3, -0.25) is 9.69 Å². The van der Waals surface area contributed by atoms with Crippen LogP contribution in [0.4, 0.5) is 18.9 Å². The van der Waals surface area contributed by atoms with Crippen LogP contribution >= 0.6 is 0 Å². The molecule has 2 atom stereocenters. The van der Waals surface area contributed by atoms with Crippen LogP contribution in [-0.2, 0) is 11.0 Å². The predicted octanol–water partition coefficient (Wildman–Crippen LogP) is 2.35. The molecule has 1 saturated heterocycles. The van der Waals surface area contributed by atoms with E-state index in [1.165, 1.54) is 12.1 Å². The summed E-state index contributed by atoms with van der Waals surface area (Å²) in [6.07, 6.45) is -3.94. The highest BCUT2D eigenvalue weighted by Crippen LogP contribution is 2.29. The number of hydrogen-bond donors (Lipinski definition) is 2. The van der Waals surface area contributed by atoms with Gasteiger partial charge in [0.05, 0.1) is 18.2 Å². The van der Waals surface area contributed by atoms with Gasteiger partial charge in [0.2, 0.25) is 5.91 Å². The lowest BCUT2D eigenvalue weighted by atomic mass is 10.0. The molecule has 7 heteroatoms. The number of nitrogens with zero attached hydrogens (tertiary/aromatic N) is 1. The molecule has 0 saturated carbocycles. The van der Waals surface area contributed by atoms with E-state index >= 15 is 0 Å². The van der Waals surface area contributed by atoms with Crippen LogP contribution < -0.4 is 5.32 Å². The highest BCUT2D eigenvalue weighted by molar-refractivity contribution is 5.92. The first-order chi connectivity index (χ1) is 10.3. The van der Waals surface area contributed by atoms with Crippen LogP contribution in [0.1, 0.15) is 18.9 Å². The molecule has 2 rings (SSSR count). The van der Waals surface area contributed by atoms with Gasteiger partial charge in [0.1, 0.15) is 0 Å². The second-order valence-corrected chi connectivity index (χ2v) is 5.65. The van der Waals surface area contributed by atoms with Crippen molar-refractivity contribution in [1.29, 1.82) is 0 Å². The molecule has 4 nitrogen and oxygen atoms in total. The van der Waals surface area contributed by atoms with Crippen molar-refractivity contribution in [2.75, 3.05) is 25.0 Å². The van der Waals surface area contributed by atoms with Gasteiger partial charge >= 0.3 is 6.18 Å². The highest BCUT2D eigenvalue weighted by atomic mass is 19.4. The maximum atomic E-state index is 12.4. The van der Waals surface area contributed by atoms with Gasteiger partial charge < -0.3 is 10.4 Å². The Morgan fingerprint density at radius 3 is 2.55 bits per heavy atom. The summed E-state index contributed by atoms with van der Waals surface area (Å²) in [5.74, 6) is -0.107. The monoisotopic (exact) mass is 316 g/mol. The normalized spacial score (nSPS) is 20.9. The van der Waals surface area contributed by atoms with Gasteiger partial charge in [-0.15, -0.1) is 0 Å². The fraction of sp³-hybridized carbons (Fsp3) is 0.533. The second-order valence-electron chi connectivity index (χ2n) is 5.65. The molecule has 1 fully saturated rings. The minimum atomic E-state index is -4.38. The fourth-order valence-corrected chi connectivity index (χ4v) is 2.55. The molecule has 0 radical (unpaired) electrons. The van der Waals surface area contributed by atoms with Crippen LogP contribution in [0, 0.1) is 5.92 Å². The molecular weight excluding hydrogens is 297 g/mol. The Bertz CT molecular complexity index is 515. The average molecular weight is 316 g/mol. The van der Waals surface area contributed by atoms with Crippen LogP contribution in [0.5, 0.6) is 0 Å². The van der Waals surface area contributed by atoms with E-state index in [1.807, 2.05) is 4.90 Å². The molecule has 1 amide bonds. The number of likely N-dealkylation sites (tertiary alicyclic amines) is 1. The summed E-state index contributed by atoms with van der Waals surface area (Å²) in [4.78, 5) is 13.8. The number of benzene rings is 1. The maximum Gasteiger partial charge on any atom is 0.416 e. The number of carbonyl (C=O) groups is 1. The number of halogens is 3. The van der Waals surface area contributed by atoms with Gasteiger partial charge in [-0.25, -0.2) is 0 Å². The molecule has 2 unspecified atom stereocenters. The lowest BCUT2D eigenvalue weighted by Gasteiger charge is -2.17. The van der Waals surface area contributed by atoms with Crippen molar-refractivity contribution in [2.45, 2.75) is 25.6 Å². The van der Waals surface area contributed by atoms with Gasteiger partial charge in [0, 0.05) is 12.2 Å². The highest BCUT2D eigenvalue weighted by Gasteiger charge is 2.30. The van der Waals surface area contributed by atoms with Crippen LogP contribution in [0.25, 0.3) is 0 Å².